The molecule has 0 radical (unpaired) electrons. The van der Waals surface area contributed by atoms with E-state index in [1.165, 1.54) is 0 Å². The van der Waals surface area contributed by atoms with Crippen LogP contribution in [0.5, 0.6) is 0 Å². The Labute approximate surface area is 107 Å². The SMILES string of the molecule is CCC(C(=O)O)N1CCCC(O)c2ccccc21. The molecule has 0 amide bonds. The Balaban J connectivity index is 2.42. The molecule has 2 atom stereocenters. The summed E-state index contributed by atoms with van der Waals surface area (Å²) in [6.07, 6.45) is 1.56. The Morgan fingerprint density at radius 1 is 1.50 bits per heavy atom. The zero-order valence-electron chi connectivity index (χ0n) is 10.5. The second-order valence-corrected chi connectivity index (χ2v) is 4.67. The summed E-state index contributed by atoms with van der Waals surface area (Å²) in [6.45, 7) is 2.56. The number of hydrogen-bond donors (Lipinski definition) is 2. The lowest BCUT2D eigenvalue weighted by molar-refractivity contribution is -0.138. The van der Waals surface area contributed by atoms with Crippen molar-refractivity contribution in [1.82, 2.24) is 0 Å². The van der Waals surface area contributed by atoms with Crippen molar-refractivity contribution in [1.29, 1.82) is 0 Å². The first kappa shape index (κ1) is 12.9. The molecule has 1 aliphatic heterocycles. The summed E-state index contributed by atoms with van der Waals surface area (Å²) in [6, 6.07) is 7.03. The van der Waals surface area contributed by atoms with Crippen LogP contribution < -0.4 is 4.90 Å². The fourth-order valence-electron chi connectivity index (χ4n) is 2.61. The Hall–Kier alpha value is -1.55. The van der Waals surface area contributed by atoms with Crippen LogP contribution >= 0.6 is 0 Å². The molecule has 0 bridgehead atoms. The predicted octanol–water partition coefficient (Wildman–Crippen LogP) is 2.18. The third-order valence-corrected chi connectivity index (χ3v) is 3.53. The van der Waals surface area contributed by atoms with Crippen LogP contribution in [0.15, 0.2) is 24.3 Å². The van der Waals surface area contributed by atoms with Crippen LogP contribution in [0.1, 0.15) is 37.9 Å². The van der Waals surface area contributed by atoms with Gasteiger partial charge in [-0.2, -0.15) is 0 Å². The standard InChI is InChI=1S/C14H19NO3/c1-2-11(14(17)18)15-9-5-8-13(16)10-6-3-4-7-12(10)15/h3-4,6-7,11,13,16H,2,5,8-9H2,1H3,(H,17,18). The minimum Gasteiger partial charge on any atom is -0.480 e. The molecular formula is C14H19NO3. The van der Waals surface area contributed by atoms with Crippen molar-refractivity contribution in [3.63, 3.8) is 0 Å². The van der Waals surface area contributed by atoms with Crippen molar-refractivity contribution in [3.8, 4) is 0 Å². The van der Waals surface area contributed by atoms with E-state index in [1.807, 2.05) is 36.1 Å². The molecule has 0 aromatic heterocycles. The van der Waals surface area contributed by atoms with Gasteiger partial charge in [0.1, 0.15) is 6.04 Å². The molecule has 1 aromatic rings. The molecule has 2 rings (SSSR count). The molecule has 4 nitrogen and oxygen atoms in total. The number of aliphatic hydroxyl groups is 1. The Kier molecular flexibility index (Phi) is 3.87. The molecule has 0 aliphatic carbocycles. The van der Waals surface area contributed by atoms with Crippen LogP contribution in [0.25, 0.3) is 0 Å². The Bertz CT molecular complexity index is 433. The van der Waals surface area contributed by atoms with Crippen molar-refractivity contribution in [2.75, 3.05) is 11.4 Å². The Morgan fingerprint density at radius 2 is 2.22 bits per heavy atom. The molecule has 0 saturated heterocycles. The normalized spacial score (nSPS) is 21.0. The van der Waals surface area contributed by atoms with Gasteiger partial charge in [-0.05, 0) is 25.3 Å². The summed E-state index contributed by atoms with van der Waals surface area (Å²) in [7, 11) is 0. The van der Waals surface area contributed by atoms with E-state index in [2.05, 4.69) is 0 Å². The lowest BCUT2D eigenvalue weighted by Crippen LogP contribution is -2.41. The van der Waals surface area contributed by atoms with E-state index in [1.54, 1.807) is 0 Å². The van der Waals surface area contributed by atoms with Crippen LogP contribution in [-0.4, -0.2) is 28.8 Å². The lowest BCUT2D eigenvalue weighted by Gasteiger charge is -2.30. The zero-order chi connectivity index (χ0) is 13.1. The van der Waals surface area contributed by atoms with E-state index in [0.29, 0.717) is 19.4 Å². The van der Waals surface area contributed by atoms with Crippen molar-refractivity contribution in [2.45, 2.75) is 38.3 Å². The summed E-state index contributed by atoms with van der Waals surface area (Å²) < 4.78 is 0. The molecule has 1 heterocycles. The van der Waals surface area contributed by atoms with Gasteiger partial charge in [0, 0.05) is 17.8 Å². The average molecular weight is 249 g/mol. The summed E-state index contributed by atoms with van der Waals surface area (Å²) in [5.74, 6) is -0.802. The van der Waals surface area contributed by atoms with Gasteiger partial charge < -0.3 is 15.1 Å². The maximum Gasteiger partial charge on any atom is 0.326 e. The van der Waals surface area contributed by atoms with E-state index in [-0.39, 0.29) is 0 Å². The van der Waals surface area contributed by atoms with Crippen LogP contribution in [0, 0.1) is 0 Å². The smallest absolute Gasteiger partial charge is 0.326 e. The summed E-state index contributed by atoms with van der Waals surface area (Å²) >= 11 is 0. The van der Waals surface area contributed by atoms with Crippen molar-refractivity contribution < 1.29 is 15.0 Å². The predicted molar refractivity (Wildman–Crippen MR) is 69.7 cm³/mol. The van der Waals surface area contributed by atoms with Crippen LogP contribution in [0.2, 0.25) is 0 Å². The molecule has 18 heavy (non-hydrogen) atoms. The molecule has 4 heteroatoms. The number of aliphatic hydroxyl groups excluding tert-OH is 1. The Morgan fingerprint density at radius 3 is 2.89 bits per heavy atom. The minimum absolute atomic E-state index is 0.488. The highest BCUT2D eigenvalue weighted by Crippen LogP contribution is 2.34. The summed E-state index contributed by atoms with van der Waals surface area (Å²) in [5.41, 5.74) is 1.70. The highest BCUT2D eigenvalue weighted by atomic mass is 16.4. The minimum atomic E-state index is -0.802. The number of para-hydroxylation sites is 1. The van der Waals surface area contributed by atoms with Crippen molar-refractivity contribution >= 4 is 11.7 Å². The number of hydrogen-bond acceptors (Lipinski definition) is 3. The number of nitrogens with zero attached hydrogens (tertiary/aromatic N) is 1. The molecule has 0 fully saturated rings. The lowest BCUT2D eigenvalue weighted by atomic mass is 10.0. The van der Waals surface area contributed by atoms with Crippen LogP contribution in [-0.2, 0) is 4.79 Å². The number of aliphatic carboxylic acids is 1. The molecule has 0 saturated carbocycles. The van der Waals surface area contributed by atoms with E-state index < -0.39 is 18.1 Å². The molecule has 0 spiro atoms. The van der Waals surface area contributed by atoms with Crippen LogP contribution in [0.4, 0.5) is 5.69 Å². The number of anilines is 1. The number of carboxylic acids is 1. The van der Waals surface area contributed by atoms with Crippen LogP contribution in [0.3, 0.4) is 0 Å². The van der Waals surface area contributed by atoms with Gasteiger partial charge >= 0.3 is 5.97 Å². The second-order valence-electron chi connectivity index (χ2n) is 4.67. The highest BCUT2D eigenvalue weighted by molar-refractivity contribution is 5.79. The first-order valence-corrected chi connectivity index (χ1v) is 6.41. The largest absolute Gasteiger partial charge is 0.480 e. The van der Waals surface area contributed by atoms with E-state index in [4.69, 9.17) is 0 Å². The maximum absolute atomic E-state index is 11.3. The van der Waals surface area contributed by atoms with Gasteiger partial charge in [-0.1, -0.05) is 25.1 Å². The molecule has 1 aliphatic rings. The maximum atomic E-state index is 11.3. The number of fused-ring (bicyclic) bond motifs is 1. The third kappa shape index (κ3) is 2.34. The fourth-order valence-corrected chi connectivity index (χ4v) is 2.61. The quantitative estimate of drug-likeness (QED) is 0.862. The highest BCUT2D eigenvalue weighted by Gasteiger charge is 2.29. The van der Waals surface area contributed by atoms with E-state index >= 15 is 0 Å². The monoisotopic (exact) mass is 249 g/mol. The van der Waals surface area contributed by atoms with E-state index in [9.17, 15) is 15.0 Å². The van der Waals surface area contributed by atoms with Gasteiger partial charge in [0.15, 0.2) is 0 Å². The molecule has 98 valence electrons. The molecular weight excluding hydrogens is 230 g/mol. The fraction of sp³-hybridized carbons (Fsp3) is 0.500. The average Bonchev–Trinajstić information content (AvgIpc) is 2.51. The summed E-state index contributed by atoms with van der Waals surface area (Å²) in [4.78, 5) is 13.2. The third-order valence-electron chi connectivity index (χ3n) is 3.53. The first-order chi connectivity index (χ1) is 8.65. The first-order valence-electron chi connectivity index (χ1n) is 6.41. The van der Waals surface area contributed by atoms with E-state index in [0.717, 1.165) is 17.7 Å². The van der Waals surface area contributed by atoms with Gasteiger partial charge in [0.05, 0.1) is 6.10 Å². The van der Waals surface area contributed by atoms with Crippen molar-refractivity contribution in [3.05, 3.63) is 29.8 Å². The number of rotatable bonds is 3. The number of carboxylic acid groups (broad SMARTS) is 1. The van der Waals surface area contributed by atoms with Gasteiger partial charge in [-0.15, -0.1) is 0 Å². The topological polar surface area (TPSA) is 60.8 Å². The number of benzene rings is 1. The molecule has 1 aromatic carbocycles. The van der Waals surface area contributed by atoms with Gasteiger partial charge in [0.2, 0.25) is 0 Å². The second kappa shape index (κ2) is 5.40. The molecule has 2 N–H and O–H groups in total. The van der Waals surface area contributed by atoms with Gasteiger partial charge in [-0.3, -0.25) is 0 Å². The van der Waals surface area contributed by atoms with Crippen molar-refractivity contribution in [2.24, 2.45) is 0 Å². The van der Waals surface area contributed by atoms with Gasteiger partial charge in [0.25, 0.3) is 0 Å². The van der Waals surface area contributed by atoms with Gasteiger partial charge in [-0.25, -0.2) is 4.79 Å². The number of carbonyl (C=O) groups is 1. The zero-order valence-corrected chi connectivity index (χ0v) is 10.5. The molecule has 2 unspecified atom stereocenters. The summed E-state index contributed by atoms with van der Waals surface area (Å²) in [5, 5.41) is 19.4.